The van der Waals surface area contributed by atoms with Gasteiger partial charge >= 0.3 is 0 Å². The highest BCUT2D eigenvalue weighted by Gasteiger charge is 2.21. The first-order chi connectivity index (χ1) is 13.7. The van der Waals surface area contributed by atoms with Crippen LogP contribution >= 0.6 is 0 Å². The van der Waals surface area contributed by atoms with E-state index in [0.717, 1.165) is 44.0 Å². The van der Waals surface area contributed by atoms with Crippen molar-refractivity contribution in [3.05, 3.63) is 83.7 Å². The maximum Gasteiger partial charge on any atom is 0.227 e. The summed E-state index contributed by atoms with van der Waals surface area (Å²) in [5.41, 5.74) is 4.59. The van der Waals surface area contributed by atoms with Gasteiger partial charge in [0.25, 0.3) is 0 Å². The van der Waals surface area contributed by atoms with Gasteiger partial charge in [0.15, 0.2) is 0 Å². The Bertz CT molecular complexity index is 927. The van der Waals surface area contributed by atoms with E-state index in [9.17, 15) is 4.79 Å². The Morgan fingerprint density at radius 3 is 2.50 bits per heavy atom. The smallest absolute Gasteiger partial charge is 0.227 e. The number of hydrogen-bond donors (Lipinski definition) is 0. The van der Waals surface area contributed by atoms with E-state index in [1.54, 1.807) is 6.20 Å². The van der Waals surface area contributed by atoms with Gasteiger partial charge in [0, 0.05) is 38.9 Å². The number of piperazine rings is 1. The van der Waals surface area contributed by atoms with Gasteiger partial charge in [0.1, 0.15) is 0 Å². The molecule has 1 aliphatic heterocycles. The third-order valence-electron chi connectivity index (χ3n) is 5.23. The molecule has 2 aromatic carbocycles. The van der Waals surface area contributed by atoms with Crippen LogP contribution in [-0.2, 0) is 17.8 Å². The molecule has 5 heteroatoms. The lowest BCUT2D eigenvalue weighted by Crippen LogP contribution is -2.48. The topological polar surface area (TPSA) is 41.4 Å². The third-order valence-corrected chi connectivity index (χ3v) is 5.23. The van der Waals surface area contributed by atoms with Gasteiger partial charge in [-0.25, -0.2) is 4.68 Å². The molecule has 5 nitrogen and oxygen atoms in total. The van der Waals surface area contributed by atoms with Crippen molar-refractivity contribution in [1.82, 2.24) is 19.6 Å². The monoisotopic (exact) mass is 374 g/mol. The number of nitrogens with zero attached hydrogens (tertiary/aromatic N) is 4. The maximum atomic E-state index is 12.7. The van der Waals surface area contributed by atoms with Crippen LogP contribution in [0.2, 0.25) is 0 Å². The zero-order chi connectivity index (χ0) is 19.3. The molecule has 1 fully saturated rings. The number of aryl methyl sites for hydroxylation is 1. The minimum absolute atomic E-state index is 0.183. The summed E-state index contributed by atoms with van der Waals surface area (Å²) < 4.78 is 1.82. The Kier molecular flexibility index (Phi) is 5.53. The molecule has 0 bridgehead atoms. The Balaban J connectivity index is 1.29. The largest absolute Gasteiger partial charge is 0.340 e. The summed E-state index contributed by atoms with van der Waals surface area (Å²) in [5, 5.41) is 4.39. The predicted molar refractivity (Wildman–Crippen MR) is 110 cm³/mol. The van der Waals surface area contributed by atoms with Crippen LogP contribution in [0.25, 0.3) is 5.69 Å². The average molecular weight is 374 g/mol. The summed E-state index contributed by atoms with van der Waals surface area (Å²) in [4.78, 5) is 17.1. The molecule has 0 N–H and O–H groups in total. The van der Waals surface area contributed by atoms with E-state index in [4.69, 9.17) is 0 Å². The van der Waals surface area contributed by atoms with Crippen molar-refractivity contribution in [2.24, 2.45) is 0 Å². The second-order valence-electron chi connectivity index (χ2n) is 7.45. The molecule has 4 rings (SSSR count). The summed E-state index contributed by atoms with van der Waals surface area (Å²) in [7, 11) is 0. The maximum absolute atomic E-state index is 12.7. The molecule has 0 unspecified atom stereocenters. The van der Waals surface area contributed by atoms with Crippen molar-refractivity contribution in [3.8, 4) is 5.69 Å². The molecule has 2 heterocycles. The van der Waals surface area contributed by atoms with E-state index in [1.807, 2.05) is 46.1 Å². The predicted octanol–water partition coefficient (Wildman–Crippen LogP) is 3.07. The van der Waals surface area contributed by atoms with Crippen molar-refractivity contribution >= 4 is 5.91 Å². The second-order valence-corrected chi connectivity index (χ2v) is 7.45. The van der Waals surface area contributed by atoms with E-state index in [1.165, 1.54) is 11.1 Å². The van der Waals surface area contributed by atoms with E-state index < -0.39 is 0 Å². The van der Waals surface area contributed by atoms with E-state index >= 15 is 0 Å². The summed E-state index contributed by atoms with van der Waals surface area (Å²) in [5.74, 6) is 0.183. The number of amides is 1. The lowest BCUT2D eigenvalue weighted by Gasteiger charge is -2.34. The molecule has 0 radical (unpaired) electrons. The molecule has 1 saturated heterocycles. The van der Waals surface area contributed by atoms with Gasteiger partial charge in [-0.3, -0.25) is 9.69 Å². The van der Waals surface area contributed by atoms with Crippen LogP contribution in [-0.4, -0.2) is 51.7 Å². The number of rotatable bonds is 5. The molecule has 0 saturated carbocycles. The van der Waals surface area contributed by atoms with Crippen LogP contribution in [0, 0.1) is 6.92 Å². The van der Waals surface area contributed by atoms with Crippen molar-refractivity contribution in [1.29, 1.82) is 0 Å². The van der Waals surface area contributed by atoms with E-state index in [-0.39, 0.29) is 5.91 Å². The molecular weight excluding hydrogens is 348 g/mol. The van der Waals surface area contributed by atoms with E-state index in [2.05, 4.69) is 41.2 Å². The van der Waals surface area contributed by atoms with Gasteiger partial charge in [-0.1, -0.05) is 48.0 Å². The summed E-state index contributed by atoms with van der Waals surface area (Å²) in [6, 6.07) is 18.6. The van der Waals surface area contributed by atoms with E-state index in [0.29, 0.717) is 6.42 Å². The Morgan fingerprint density at radius 2 is 1.75 bits per heavy atom. The molecular formula is C23H26N4O. The highest BCUT2D eigenvalue weighted by Crippen LogP contribution is 2.13. The molecule has 0 aliphatic carbocycles. The standard InChI is InChI=1S/C23H26N4O/c1-19-6-5-7-20(14-19)17-25-10-12-26(13-11-25)23(28)15-21-16-24-27(18-21)22-8-3-2-4-9-22/h2-9,14,16,18H,10-13,15,17H2,1H3. The highest BCUT2D eigenvalue weighted by molar-refractivity contribution is 5.78. The number of benzene rings is 2. The van der Waals surface area contributed by atoms with Crippen molar-refractivity contribution in [2.75, 3.05) is 26.2 Å². The molecule has 0 spiro atoms. The fourth-order valence-electron chi connectivity index (χ4n) is 3.68. The lowest BCUT2D eigenvalue weighted by molar-refractivity contribution is -0.132. The molecule has 1 aliphatic rings. The quantitative estimate of drug-likeness (QED) is 0.689. The molecule has 0 atom stereocenters. The fraction of sp³-hybridized carbons (Fsp3) is 0.304. The normalized spacial score (nSPS) is 15.0. The van der Waals surface area contributed by atoms with Gasteiger partial charge in [0.05, 0.1) is 18.3 Å². The van der Waals surface area contributed by atoms with Gasteiger partial charge in [-0.2, -0.15) is 5.10 Å². The molecule has 1 amide bonds. The fourth-order valence-corrected chi connectivity index (χ4v) is 3.68. The second kappa shape index (κ2) is 8.40. The third kappa shape index (κ3) is 4.49. The van der Waals surface area contributed by atoms with Crippen LogP contribution in [0.1, 0.15) is 16.7 Å². The number of para-hydroxylation sites is 1. The zero-order valence-electron chi connectivity index (χ0n) is 16.3. The first-order valence-corrected chi connectivity index (χ1v) is 9.82. The highest BCUT2D eigenvalue weighted by atomic mass is 16.2. The minimum atomic E-state index is 0.183. The molecule has 1 aromatic heterocycles. The molecule has 28 heavy (non-hydrogen) atoms. The van der Waals surface area contributed by atoms with Crippen molar-refractivity contribution in [2.45, 2.75) is 19.9 Å². The van der Waals surface area contributed by atoms with Crippen LogP contribution in [0.5, 0.6) is 0 Å². The summed E-state index contributed by atoms with van der Waals surface area (Å²) in [6.07, 6.45) is 4.14. The lowest BCUT2D eigenvalue weighted by atomic mass is 10.1. The van der Waals surface area contributed by atoms with Crippen molar-refractivity contribution in [3.63, 3.8) is 0 Å². The molecule has 3 aromatic rings. The number of hydrogen-bond acceptors (Lipinski definition) is 3. The minimum Gasteiger partial charge on any atom is -0.340 e. The van der Waals surface area contributed by atoms with Gasteiger partial charge in [-0.05, 0) is 30.2 Å². The van der Waals surface area contributed by atoms with Crippen LogP contribution in [0.4, 0.5) is 0 Å². The molecule has 144 valence electrons. The first-order valence-electron chi connectivity index (χ1n) is 9.82. The first kappa shape index (κ1) is 18.4. The van der Waals surface area contributed by atoms with Gasteiger partial charge < -0.3 is 4.90 Å². The average Bonchev–Trinajstić information content (AvgIpc) is 3.18. The summed E-state index contributed by atoms with van der Waals surface area (Å²) in [6.45, 7) is 6.49. The van der Waals surface area contributed by atoms with Gasteiger partial charge in [0.2, 0.25) is 5.91 Å². The zero-order valence-corrected chi connectivity index (χ0v) is 16.3. The number of carbonyl (C=O) groups excluding carboxylic acids is 1. The van der Waals surface area contributed by atoms with Crippen molar-refractivity contribution < 1.29 is 4.79 Å². The van der Waals surface area contributed by atoms with Crippen LogP contribution in [0.15, 0.2) is 67.0 Å². The Labute approximate surface area is 166 Å². The van der Waals surface area contributed by atoms with Crippen LogP contribution < -0.4 is 0 Å². The summed E-state index contributed by atoms with van der Waals surface area (Å²) >= 11 is 0. The number of aromatic nitrogens is 2. The Morgan fingerprint density at radius 1 is 0.964 bits per heavy atom. The SMILES string of the molecule is Cc1cccc(CN2CCN(C(=O)Cc3cnn(-c4ccccc4)c3)CC2)c1. The number of carbonyl (C=O) groups is 1. The Hall–Kier alpha value is -2.92. The van der Waals surface area contributed by atoms with Gasteiger partial charge in [-0.15, -0.1) is 0 Å². The van der Waals surface area contributed by atoms with Crippen LogP contribution in [0.3, 0.4) is 0 Å².